The number of carbonyl (C=O) groups is 5. The molecule has 4 N–H and O–H groups in total. The Morgan fingerprint density at radius 2 is 1.67 bits per heavy atom. The molecule has 17 heteroatoms. The molecule has 15 nitrogen and oxygen atoms in total. The summed E-state index contributed by atoms with van der Waals surface area (Å²) < 4.78 is 41.9. The number of halogens is 1. The average molecular weight is 799 g/mol. The molecule has 2 aromatic rings. The molecule has 1 saturated heterocycles. The number of ether oxygens (including phenoxy) is 2. The van der Waals surface area contributed by atoms with Crippen LogP contribution in [0.2, 0.25) is 5.02 Å². The summed E-state index contributed by atoms with van der Waals surface area (Å²) in [5.74, 6) is -2.81. The van der Waals surface area contributed by atoms with E-state index in [-0.39, 0.29) is 31.5 Å². The molecule has 4 aliphatic rings. The number of fused-ring (bicyclic) bond motifs is 3. The molecule has 55 heavy (non-hydrogen) atoms. The third-order valence-corrected chi connectivity index (χ3v) is 11.2. The molecule has 6 rings (SSSR count). The van der Waals surface area contributed by atoms with E-state index in [4.69, 9.17) is 21.1 Å². The SMILES string of the molecule is CC(C)(C)OC(=O)N[C@H]1CCCCC/C=C\[C@H]2C[C@@]2(C(=O)NS(=O)(=O)Nc2ccc(Cl)cc2)NC(=O)[C@@H]2C[C@@H](OC(=O)N3Cc4ccccc4C3)CN2C1=O. The van der Waals surface area contributed by atoms with Crippen molar-refractivity contribution in [3.8, 4) is 0 Å². The van der Waals surface area contributed by atoms with Gasteiger partial charge in [0, 0.05) is 30.5 Å². The molecule has 5 amide bonds. The molecular formula is C38H47ClN6O9S. The van der Waals surface area contributed by atoms with Crippen LogP contribution >= 0.6 is 11.6 Å². The van der Waals surface area contributed by atoms with Crippen molar-refractivity contribution in [1.82, 2.24) is 25.2 Å². The highest BCUT2D eigenvalue weighted by Gasteiger charge is 2.61. The number of anilines is 1. The largest absolute Gasteiger partial charge is 0.444 e. The van der Waals surface area contributed by atoms with E-state index in [9.17, 15) is 32.4 Å². The zero-order chi connectivity index (χ0) is 39.5. The van der Waals surface area contributed by atoms with E-state index in [2.05, 4.69) is 15.4 Å². The van der Waals surface area contributed by atoms with Gasteiger partial charge in [0.15, 0.2) is 0 Å². The van der Waals surface area contributed by atoms with Crippen molar-refractivity contribution in [1.29, 1.82) is 0 Å². The first-order chi connectivity index (χ1) is 26.0. The minimum Gasteiger partial charge on any atom is -0.444 e. The lowest BCUT2D eigenvalue weighted by Crippen LogP contribution is -2.58. The van der Waals surface area contributed by atoms with Gasteiger partial charge in [-0.05, 0) is 81.8 Å². The molecule has 3 aliphatic heterocycles. The van der Waals surface area contributed by atoms with E-state index in [1.165, 1.54) is 34.1 Å². The van der Waals surface area contributed by atoms with Crippen LogP contribution in [0.3, 0.4) is 0 Å². The quantitative estimate of drug-likeness (QED) is 0.304. The lowest BCUT2D eigenvalue weighted by molar-refractivity contribution is -0.141. The van der Waals surface area contributed by atoms with E-state index in [0.717, 1.165) is 17.5 Å². The molecule has 2 aromatic carbocycles. The van der Waals surface area contributed by atoms with Crippen molar-refractivity contribution in [2.45, 2.75) is 108 Å². The Kier molecular flexibility index (Phi) is 11.7. The van der Waals surface area contributed by atoms with Crippen molar-refractivity contribution in [2.24, 2.45) is 5.92 Å². The Hall–Kier alpha value is -4.83. The van der Waals surface area contributed by atoms with Gasteiger partial charge in [0.05, 0.1) is 12.2 Å². The van der Waals surface area contributed by atoms with Gasteiger partial charge in [-0.1, -0.05) is 60.9 Å². The highest BCUT2D eigenvalue weighted by molar-refractivity contribution is 7.91. The Morgan fingerprint density at radius 1 is 0.982 bits per heavy atom. The monoisotopic (exact) mass is 798 g/mol. The first-order valence-corrected chi connectivity index (χ1v) is 20.3. The van der Waals surface area contributed by atoms with Crippen molar-refractivity contribution in [3.05, 3.63) is 76.8 Å². The van der Waals surface area contributed by atoms with Gasteiger partial charge in [-0.15, -0.1) is 0 Å². The molecule has 296 valence electrons. The maximum Gasteiger partial charge on any atom is 0.410 e. The summed E-state index contributed by atoms with van der Waals surface area (Å²) in [4.78, 5) is 71.7. The Balaban J connectivity index is 1.24. The summed E-state index contributed by atoms with van der Waals surface area (Å²) in [6.45, 7) is 5.64. The van der Waals surface area contributed by atoms with Crippen LogP contribution in [0.4, 0.5) is 15.3 Å². The standard InChI is InChI=1S/C38H47ClN6O9S/c1-37(2,3)54-35(49)40-30-14-8-6-4-5-7-13-26-20-38(26,34(48)43-55(51,52)42-28-17-15-27(39)16-18-28)41-32(46)31-19-29(23-45(31)33(30)47)53-36(50)44-21-24-11-9-10-12-25(24)22-44/h7,9-13,15-18,26,29-31,42H,4-6,8,14,19-23H2,1-3H3,(H,40,49)(H,41,46)(H,43,48)/b13-7-/t26-,29+,30-,31-,38+/m0/s1. The molecule has 0 aromatic heterocycles. The predicted octanol–water partition coefficient (Wildman–Crippen LogP) is 4.52. The molecule has 1 saturated carbocycles. The zero-order valence-corrected chi connectivity index (χ0v) is 32.6. The lowest BCUT2D eigenvalue weighted by atomic mass is 10.0. The normalized spacial score (nSPS) is 26.2. The van der Waals surface area contributed by atoms with Crippen LogP contribution in [0.5, 0.6) is 0 Å². The van der Waals surface area contributed by atoms with Crippen molar-refractivity contribution >= 4 is 57.4 Å². The van der Waals surface area contributed by atoms with Gasteiger partial charge in [0.2, 0.25) is 11.8 Å². The number of rotatable bonds is 6. The molecule has 0 unspecified atom stereocenters. The van der Waals surface area contributed by atoms with Crippen molar-refractivity contribution in [3.63, 3.8) is 0 Å². The van der Waals surface area contributed by atoms with E-state index in [0.29, 0.717) is 37.4 Å². The highest BCUT2D eigenvalue weighted by atomic mass is 35.5. The third kappa shape index (κ3) is 9.89. The predicted molar refractivity (Wildman–Crippen MR) is 203 cm³/mol. The minimum absolute atomic E-state index is 0.0993. The fraction of sp³-hybridized carbons (Fsp3) is 0.500. The molecule has 3 heterocycles. The van der Waals surface area contributed by atoms with Gasteiger partial charge in [0.25, 0.3) is 5.91 Å². The number of benzene rings is 2. The van der Waals surface area contributed by atoms with Crippen LogP contribution in [-0.4, -0.2) is 84.0 Å². The van der Waals surface area contributed by atoms with Gasteiger partial charge in [0.1, 0.15) is 29.3 Å². The molecule has 2 fully saturated rings. The second-order valence-electron chi connectivity index (χ2n) is 15.5. The first-order valence-electron chi connectivity index (χ1n) is 18.4. The third-order valence-electron chi connectivity index (χ3n) is 10.0. The van der Waals surface area contributed by atoms with Crippen LogP contribution in [-0.2, 0) is 47.2 Å². The highest BCUT2D eigenvalue weighted by Crippen LogP contribution is 2.46. The topological polar surface area (TPSA) is 193 Å². The summed E-state index contributed by atoms with van der Waals surface area (Å²) in [5.41, 5.74) is -0.343. The number of hydrogen-bond acceptors (Lipinski definition) is 9. The van der Waals surface area contributed by atoms with E-state index < -0.39 is 75.4 Å². The van der Waals surface area contributed by atoms with Gasteiger partial charge < -0.3 is 25.0 Å². The lowest BCUT2D eigenvalue weighted by Gasteiger charge is -2.30. The summed E-state index contributed by atoms with van der Waals surface area (Å²) in [5, 5.41) is 5.86. The number of nitrogens with one attached hydrogen (secondary N) is 4. The van der Waals surface area contributed by atoms with Gasteiger partial charge in [-0.3, -0.25) is 24.0 Å². The molecule has 1 aliphatic carbocycles. The average Bonchev–Trinajstić information content (AvgIpc) is 3.41. The van der Waals surface area contributed by atoms with E-state index in [1.54, 1.807) is 26.8 Å². The number of hydrogen-bond donors (Lipinski definition) is 4. The molecule has 0 radical (unpaired) electrons. The van der Waals surface area contributed by atoms with Crippen LogP contribution < -0.4 is 20.1 Å². The fourth-order valence-corrected chi connectivity index (χ4v) is 8.26. The molecule has 0 spiro atoms. The fourth-order valence-electron chi connectivity index (χ4n) is 7.21. The van der Waals surface area contributed by atoms with Crippen LogP contribution in [0.1, 0.15) is 76.8 Å². The smallest absolute Gasteiger partial charge is 0.410 e. The Labute approximate surface area is 325 Å². The summed E-state index contributed by atoms with van der Waals surface area (Å²) >= 11 is 5.92. The number of carbonyl (C=O) groups excluding carboxylic acids is 5. The maximum absolute atomic E-state index is 14.4. The van der Waals surface area contributed by atoms with Crippen LogP contribution in [0.25, 0.3) is 0 Å². The van der Waals surface area contributed by atoms with Gasteiger partial charge in [-0.25, -0.2) is 14.3 Å². The van der Waals surface area contributed by atoms with Crippen LogP contribution in [0.15, 0.2) is 60.7 Å². The van der Waals surface area contributed by atoms with Crippen LogP contribution in [0, 0.1) is 5.92 Å². The second-order valence-corrected chi connectivity index (χ2v) is 17.3. The van der Waals surface area contributed by atoms with Gasteiger partial charge in [-0.2, -0.15) is 8.42 Å². The molecular weight excluding hydrogens is 752 g/mol. The summed E-state index contributed by atoms with van der Waals surface area (Å²) in [6, 6.07) is 11.2. The summed E-state index contributed by atoms with van der Waals surface area (Å²) in [7, 11) is -4.45. The summed E-state index contributed by atoms with van der Waals surface area (Å²) in [6.07, 6.45) is 4.32. The number of amides is 5. The Morgan fingerprint density at radius 3 is 2.35 bits per heavy atom. The van der Waals surface area contributed by atoms with Crippen molar-refractivity contribution in [2.75, 3.05) is 11.3 Å². The Bertz CT molecular complexity index is 1930. The number of allylic oxidation sites excluding steroid dienone is 1. The first kappa shape index (κ1) is 39.9. The van der Waals surface area contributed by atoms with E-state index in [1.807, 2.05) is 35.1 Å². The minimum atomic E-state index is -4.45. The van der Waals surface area contributed by atoms with Gasteiger partial charge >= 0.3 is 22.4 Å². The number of nitrogens with zero attached hydrogens (tertiary/aromatic N) is 2. The maximum atomic E-state index is 14.4. The van der Waals surface area contributed by atoms with E-state index >= 15 is 0 Å². The number of alkyl carbamates (subject to hydrolysis) is 1. The second kappa shape index (κ2) is 16.1. The van der Waals surface area contributed by atoms with Crippen molar-refractivity contribution < 1.29 is 41.9 Å². The molecule has 0 bridgehead atoms. The molecule has 5 atom stereocenters. The zero-order valence-electron chi connectivity index (χ0n) is 31.0.